The SMILES string of the molecule is C[NH+](C)Cc1c([O-])ccc2c1O/C(=C\c1cccnc1)C2=O. The number of benzene rings is 1. The van der Waals surface area contributed by atoms with Gasteiger partial charge in [0.15, 0.2) is 5.76 Å². The van der Waals surface area contributed by atoms with Crippen LogP contribution >= 0.6 is 0 Å². The molecule has 0 fully saturated rings. The monoisotopic (exact) mass is 296 g/mol. The van der Waals surface area contributed by atoms with Gasteiger partial charge in [-0.1, -0.05) is 17.9 Å². The summed E-state index contributed by atoms with van der Waals surface area (Å²) in [4.78, 5) is 17.5. The van der Waals surface area contributed by atoms with Crippen LogP contribution in [-0.2, 0) is 6.54 Å². The number of fused-ring (bicyclic) bond motifs is 1. The van der Waals surface area contributed by atoms with Gasteiger partial charge in [-0.3, -0.25) is 9.78 Å². The first-order valence-corrected chi connectivity index (χ1v) is 7.02. The largest absolute Gasteiger partial charge is 0.872 e. The van der Waals surface area contributed by atoms with Crippen molar-refractivity contribution < 1.29 is 19.5 Å². The lowest BCUT2D eigenvalue weighted by Crippen LogP contribution is -3.04. The lowest BCUT2D eigenvalue weighted by atomic mass is 10.0. The van der Waals surface area contributed by atoms with Gasteiger partial charge in [-0.05, 0) is 23.8 Å². The van der Waals surface area contributed by atoms with Crippen LogP contribution in [0, 0.1) is 0 Å². The summed E-state index contributed by atoms with van der Waals surface area (Å²) in [6.45, 7) is 0.509. The molecule has 0 saturated heterocycles. The molecule has 3 rings (SSSR count). The second-order valence-electron chi connectivity index (χ2n) is 5.53. The Kier molecular flexibility index (Phi) is 3.65. The number of ether oxygens (including phenoxy) is 1. The Balaban J connectivity index is 2.02. The number of aromatic nitrogens is 1. The van der Waals surface area contributed by atoms with E-state index < -0.39 is 0 Å². The summed E-state index contributed by atoms with van der Waals surface area (Å²) in [6, 6.07) is 6.60. The number of pyridine rings is 1. The Hall–Kier alpha value is -2.66. The molecule has 5 heteroatoms. The molecule has 1 aliphatic rings. The number of hydrogen-bond donors (Lipinski definition) is 1. The fraction of sp³-hybridized carbons (Fsp3) is 0.176. The van der Waals surface area contributed by atoms with E-state index in [-0.39, 0.29) is 17.3 Å². The first-order valence-electron chi connectivity index (χ1n) is 7.02. The van der Waals surface area contributed by atoms with Crippen LogP contribution in [0.1, 0.15) is 21.5 Å². The minimum atomic E-state index is -0.200. The molecule has 2 aromatic rings. The lowest BCUT2D eigenvalue weighted by molar-refractivity contribution is -0.872. The molecule has 0 amide bonds. The van der Waals surface area contributed by atoms with Gasteiger partial charge in [0.05, 0.1) is 19.7 Å². The molecule has 0 saturated carbocycles. The summed E-state index contributed by atoms with van der Waals surface area (Å²) >= 11 is 0. The van der Waals surface area contributed by atoms with Crippen LogP contribution in [0.5, 0.6) is 11.5 Å². The second kappa shape index (κ2) is 5.61. The lowest BCUT2D eigenvalue weighted by Gasteiger charge is -2.17. The summed E-state index contributed by atoms with van der Waals surface area (Å²) in [5.41, 5.74) is 1.77. The quantitative estimate of drug-likeness (QED) is 0.834. The molecule has 112 valence electrons. The van der Waals surface area contributed by atoms with Crippen LogP contribution in [0.4, 0.5) is 0 Å². The number of Topliss-reactive ketones (excluding diaryl/α,β-unsaturated/α-hetero) is 1. The molecule has 0 atom stereocenters. The van der Waals surface area contributed by atoms with Crippen LogP contribution in [0.2, 0.25) is 0 Å². The first kappa shape index (κ1) is 14.3. The molecule has 1 aromatic heterocycles. The standard InChI is InChI=1S/C17H16N2O3/c1-19(2)10-13-14(20)6-5-12-16(21)15(22-17(12)13)8-11-4-3-7-18-9-11/h3-9,20H,10H2,1-2H3/b15-8-. The average molecular weight is 296 g/mol. The molecule has 1 aromatic carbocycles. The predicted octanol–water partition coefficient (Wildman–Crippen LogP) is 0.416. The molecule has 0 bridgehead atoms. The fourth-order valence-electron chi connectivity index (χ4n) is 2.42. The number of ketones is 1. The minimum absolute atomic E-state index is 0.102. The molecular weight excluding hydrogens is 280 g/mol. The molecule has 1 N–H and O–H groups in total. The van der Waals surface area contributed by atoms with Gasteiger partial charge in [0.1, 0.15) is 12.3 Å². The van der Waals surface area contributed by atoms with Gasteiger partial charge in [-0.15, -0.1) is 0 Å². The Morgan fingerprint density at radius 2 is 2.14 bits per heavy atom. The van der Waals surface area contributed by atoms with Gasteiger partial charge >= 0.3 is 0 Å². The molecular formula is C17H16N2O3. The molecule has 0 radical (unpaired) electrons. The van der Waals surface area contributed by atoms with Crippen LogP contribution in [0.3, 0.4) is 0 Å². The Morgan fingerprint density at radius 3 is 2.82 bits per heavy atom. The molecule has 5 nitrogen and oxygen atoms in total. The van der Waals surface area contributed by atoms with E-state index in [0.29, 0.717) is 23.4 Å². The smallest absolute Gasteiger partial charge is 0.231 e. The van der Waals surface area contributed by atoms with Crippen molar-refractivity contribution in [3.63, 3.8) is 0 Å². The summed E-state index contributed by atoms with van der Waals surface area (Å²) in [7, 11) is 3.89. The van der Waals surface area contributed by atoms with E-state index in [1.54, 1.807) is 30.6 Å². The molecule has 22 heavy (non-hydrogen) atoms. The van der Waals surface area contributed by atoms with Crippen molar-refractivity contribution in [3.8, 4) is 11.5 Å². The number of carbonyl (C=O) groups is 1. The van der Waals surface area contributed by atoms with E-state index >= 15 is 0 Å². The third-order valence-electron chi connectivity index (χ3n) is 3.41. The Labute approximate surface area is 128 Å². The third kappa shape index (κ3) is 2.58. The van der Waals surface area contributed by atoms with Gasteiger partial charge in [0, 0.05) is 18.0 Å². The maximum Gasteiger partial charge on any atom is 0.231 e. The maximum absolute atomic E-state index is 12.4. The third-order valence-corrected chi connectivity index (χ3v) is 3.41. The van der Waals surface area contributed by atoms with Crippen LogP contribution < -0.4 is 14.7 Å². The van der Waals surface area contributed by atoms with Crippen molar-refractivity contribution in [1.29, 1.82) is 0 Å². The molecule has 2 heterocycles. The van der Waals surface area contributed by atoms with Gasteiger partial charge in [0.25, 0.3) is 0 Å². The Bertz CT molecular complexity index is 752. The van der Waals surface area contributed by atoms with Gasteiger partial charge in [-0.25, -0.2) is 0 Å². The highest BCUT2D eigenvalue weighted by Crippen LogP contribution is 2.38. The zero-order chi connectivity index (χ0) is 15.7. The molecule has 0 spiro atoms. The molecule has 1 aliphatic heterocycles. The predicted molar refractivity (Wildman–Crippen MR) is 79.6 cm³/mol. The van der Waals surface area contributed by atoms with Gasteiger partial charge in [-0.2, -0.15) is 0 Å². The van der Waals surface area contributed by atoms with Crippen LogP contribution in [0.15, 0.2) is 42.4 Å². The summed E-state index contributed by atoms with van der Waals surface area (Å²) in [5.74, 6) is 0.321. The molecule has 0 aliphatic carbocycles. The minimum Gasteiger partial charge on any atom is -0.872 e. The summed E-state index contributed by atoms with van der Waals surface area (Å²) in [6.07, 6.45) is 4.96. The normalized spacial score (nSPS) is 15.2. The van der Waals surface area contributed by atoms with E-state index in [2.05, 4.69) is 4.98 Å². The number of nitrogens with zero attached hydrogens (tertiary/aromatic N) is 1. The zero-order valence-corrected chi connectivity index (χ0v) is 12.4. The van der Waals surface area contributed by atoms with E-state index in [9.17, 15) is 9.90 Å². The average Bonchev–Trinajstić information content (AvgIpc) is 2.80. The summed E-state index contributed by atoms with van der Waals surface area (Å²) in [5, 5.41) is 12.1. The highest BCUT2D eigenvalue weighted by atomic mass is 16.5. The maximum atomic E-state index is 12.4. The van der Waals surface area contributed by atoms with Crippen molar-refractivity contribution in [2.75, 3.05) is 14.1 Å². The van der Waals surface area contributed by atoms with Crippen molar-refractivity contribution >= 4 is 11.9 Å². The van der Waals surface area contributed by atoms with Gasteiger partial charge < -0.3 is 14.7 Å². The number of carbonyl (C=O) groups excluding carboxylic acids is 1. The fourth-order valence-corrected chi connectivity index (χ4v) is 2.42. The molecule has 0 unspecified atom stereocenters. The first-order chi connectivity index (χ1) is 10.6. The number of rotatable bonds is 3. The van der Waals surface area contributed by atoms with Crippen LogP contribution in [0.25, 0.3) is 6.08 Å². The van der Waals surface area contributed by atoms with Gasteiger partial charge in [0.2, 0.25) is 5.78 Å². The van der Waals surface area contributed by atoms with Crippen molar-refractivity contribution in [2.45, 2.75) is 6.54 Å². The Morgan fingerprint density at radius 1 is 1.32 bits per heavy atom. The van der Waals surface area contributed by atoms with Crippen molar-refractivity contribution in [2.24, 2.45) is 0 Å². The highest BCUT2D eigenvalue weighted by Gasteiger charge is 2.30. The second-order valence-corrected chi connectivity index (χ2v) is 5.53. The van der Waals surface area contributed by atoms with E-state index in [0.717, 1.165) is 10.5 Å². The number of allylic oxidation sites excluding steroid dienone is 1. The number of hydrogen-bond acceptors (Lipinski definition) is 4. The highest BCUT2D eigenvalue weighted by molar-refractivity contribution is 6.14. The topological polar surface area (TPSA) is 66.7 Å². The zero-order valence-electron chi connectivity index (χ0n) is 12.4. The number of nitrogens with one attached hydrogen (secondary N) is 1. The van der Waals surface area contributed by atoms with E-state index in [1.807, 2.05) is 20.2 Å². The van der Waals surface area contributed by atoms with Crippen molar-refractivity contribution in [1.82, 2.24) is 4.98 Å². The summed E-state index contributed by atoms with van der Waals surface area (Å²) < 4.78 is 5.71. The van der Waals surface area contributed by atoms with E-state index in [1.165, 1.54) is 6.07 Å². The van der Waals surface area contributed by atoms with Crippen LogP contribution in [-0.4, -0.2) is 24.9 Å². The van der Waals surface area contributed by atoms with Crippen molar-refractivity contribution in [3.05, 3.63) is 59.1 Å². The van der Waals surface area contributed by atoms with E-state index in [4.69, 9.17) is 4.74 Å². The number of quaternary nitrogens is 1.